The first-order valence-electron chi connectivity index (χ1n) is 9.84. The first-order valence-corrected chi connectivity index (χ1v) is 9.84. The molecular formula is C22H23FN4O3. The van der Waals surface area contributed by atoms with E-state index in [1.807, 2.05) is 13.0 Å². The highest BCUT2D eigenvalue weighted by Gasteiger charge is 2.19. The van der Waals surface area contributed by atoms with Gasteiger partial charge in [0, 0.05) is 37.4 Å². The maximum Gasteiger partial charge on any atom is 0.269 e. The molecule has 1 aliphatic rings. The summed E-state index contributed by atoms with van der Waals surface area (Å²) in [4.78, 5) is 12.6. The Kier molecular flexibility index (Phi) is 5.76. The Balaban J connectivity index is 1.53. The van der Waals surface area contributed by atoms with Crippen LogP contribution in [0.15, 0.2) is 34.9 Å². The average Bonchev–Trinajstić information content (AvgIpc) is 3.30. The first-order chi connectivity index (χ1) is 14.5. The van der Waals surface area contributed by atoms with E-state index in [9.17, 15) is 9.18 Å². The minimum atomic E-state index is -0.309. The molecule has 0 unspecified atom stereocenters. The van der Waals surface area contributed by atoms with Gasteiger partial charge in [0.2, 0.25) is 0 Å². The predicted octanol–water partition coefficient (Wildman–Crippen LogP) is 3.60. The molecule has 1 saturated heterocycles. The largest absolute Gasteiger partial charge is 0.381 e. The van der Waals surface area contributed by atoms with Crippen LogP contribution in [-0.4, -0.2) is 40.1 Å². The molecule has 1 aliphatic heterocycles. The minimum absolute atomic E-state index is 0.123. The molecule has 3 heterocycles. The zero-order valence-electron chi connectivity index (χ0n) is 16.9. The van der Waals surface area contributed by atoms with E-state index in [2.05, 4.69) is 15.6 Å². The Bertz CT molecular complexity index is 1060. The first kappa shape index (κ1) is 20.0. The van der Waals surface area contributed by atoms with Gasteiger partial charge in [-0.2, -0.15) is 5.10 Å². The predicted molar refractivity (Wildman–Crippen MR) is 110 cm³/mol. The average molecular weight is 410 g/mol. The number of nitrogens with zero attached hydrogens (tertiary/aromatic N) is 3. The Hall–Kier alpha value is -3.26. The summed E-state index contributed by atoms with van der Waals surface area (Å²) in [6.07, 6.45) is 5.27. The molecule has 1 amide bonds. The molecular weight excluding hydrogens is 387 g/mol. The molecule has 3 aromatic rings. The van der Waals surface area contributed by atoms with Gasteiger partial charge in [0.05, 0.1) is 5.69 Å². The van der Waals surface area contributed by atoms with Gasteiger partial charge in [-0.25, -0.2) is 4.39 Å². The number of rotatable bonds is 5. The monoisotopic (exact) mass is 410 g/mol. The number of aromatic nitrogens is 3. The number of carbonyl (C=O) groups is 1. The topological polar surface area (TPSA) is 82.2 Å². The number of ether oxygens (including phenoxy) is 1. The van der Waals surface area contributed by atoms with Gasteiger partial charge in [-0.05, 0) is 62.2 Å². The van der Waals surface area contributed by atoms with Crippen LogP contribution in [0.4, 0.5) is 4.39 Å². The SMILES string of the molecule is Cc1onc(-c2ccc(F)cc2)c1/C=C/c1cc(C(=O)NC2CCOCC2)n(C)n1. The number of halogens is 1. The third-order valence-electron chi connectivity index (χ3n) is 5.13. The third-order valence-corrected chi connectivity index (χ3v) is 5.13. The number of nitrogens with one attached hydrogen (secondary N) is 1. The Labute approximate surface area is 173 Å². The van der Waals surface area contributed by atoms with Crippen molar-refractivity contribution in [2.24, 2.45) is 7.05 Å². The van der Waals surface area contributed by atoms with Crippen molar-refractivity contribution in [1.29, 1.82) is 0 Å². The molecule has 0 saturated carbocycles. The second kappa shape index (κ2) is 8.62. The van der Waals surface area contributed by atoms with Crippen LogP contribution in [0, 0.1) is 12.7 Å². The highest BCUT2D eigenvalue weighted by atomic mass is 19.1. The molecule has 2 aromatic heterocycles. The minimum Gasteiger partial charge on any atom is -0.381 e. The lowest BCUT2D eigenvalue weighted by Crippen LogP contribution is -2.39. The summed E-state index contributed by atoms with van der Waals surface area (Å²) in [5, 5.41) is 11.6. The van der Waals surface area contributed by atoms with Gasteiger partial charge in [-0.15, -0.1) is 0 Å². The maximum atomic E-state index is 13.2. The smallest absolute Gasteiger partial charge is 0.269 e. The zero-order chi connectivity index (χ0) is 21.1. The lowest BCUT2D eigenvalue weighted by molar-refractivity contribution is 0.0692. The Morgan fingerprint density at radius 3 is 2.70 bits per heavy atom. The summed E-state index contributed by atoms with van der Waals surface area (Å²) >= 11 is 0. The number of aryl methyl sites for hydroxylation is 2. The lowest BCUT2D eigenvalue weighted by Gasteiger charge is -2.22. The fourth-order valence-corrected chi connectivity index (χ4v) is 3.44. The van der Waals surface area contributed by atoms with Gasteiger partial charge in [0.25, 0.3) is 5.91 Å². The Morgan fingerprint density at radius 2 is 1.97 bits per heavy atom. The Morgan fingerprint density at radius 1 is 1.23 bits per heavy atom. The number of benzene rings is 1. The number of hydrogen-bond donors (Lipinski definition) is 1. The number of amides is 1. The van der Waals surface area contributed by atoms with Crippen molar-refractivity contribution in [3.63, 3.8) is 0 Å². The van der Waals surface area contributed by atoms with E-state index in [0.29, 0.717) is 36.1 Å². The van der Waals surface area contributed by atoms with E-state index >= 15 is 0 Å². The summed E-state index contributed by atoms with van der Waals surface area (Å²) in [6.45, 7) is 3.14. The second-order valence-electron chi connectivity index (χ2n) is 7.28. The normalized spacial score (nSPS) is 15.0. The van der Waals surface area contributed by atoms with Crippen LogP contribution in [0.25, 0.3) is 23.4 Å². The fourth-order valence-electron chi connectivity index (χ4n) is 3.44. The lowest BCUT2D eigenvalue weighted by atomic mass is 10.1. The number of carbonyl (C=O) groups excluding carboxylic acids is 1. The van der Waals surface area contributed by atoms with E-state index in [-0.39, 0.29) is 17.8 Å². The van der Waals surface area contributed by atoms with Crippen molar-refractivity contribution in [3.8, 4) is 11.3 Å². The van der Waals surface area contributed by atoms with Crippen LogP contribution in [0.5, 0.6) is 0 Å². The molecule has 30 heavy (non-hydrogen) atoms. The van der Waals surface area contributed by atoms with Crippen molar-refractivity contribution >= 4 is 18.1 Å². The molecule has 1 aromatic carbocycles. The quantitative estimate of drug-likeness (QED) is 0.695. The fraction of sp³-hybridized carbons (Fsp3) is 0.318. The molecule has 0 radical (unpaired) electrons. The maximum absolute atomic E-state index is 13.2. The third kappa shape index (κ3) is 4.33. The highest BCUT2D eigenvalue weighted by Crippen LogP contribution is 2.27. The molecule has 156 valence electrons. The summed E-state index contributed by atoms with van der Waals surface area (Å²) in [5.41, 5.74) is 3.28. The summed E-state index contributed by atoms with van der Waals surface area (Å²) < 4.78 is 25.4. The van der Waals surface area contributed by atoms with Crippen molar-refractivity contribution in [3.05, 3.63) is 58.9 Å². The van der Waals surface area contributed by atoms with E-state index in [4.69, 9.17) is 9.26 Å². The van der Waals surface area contributed by atoms with Crippen molar-refractivity contribution in [2.75, 3.05) is 13.2 Å². The highest BCUT2D eigenvalue weighted by molar-refractivity contribution is 5.93. The van der Waals surface area contributed by atoms with E-state index in [0.717, 1.165) is 24.0 Å². The van der Waals surface area contributed by atoms with Crippen molar-refractivity contribution < 1.29 is 18.4 Å². The molecule has 4 rings (SSSR count). The van der Waals surface area contributed by atoms with Crippen LogP contribution in [0.2, 0.25) is 0 Å². The van der Waals surface area contributed by atoms with Crippen LogP contribution in [0.3, 0.4) is 0 Å². The molecule has 0 atom stereocenters. The summed E-state index contributed by atoms with van der Waals surface area (Å²) in [5.74, 6) is 0.180. The molecule has 8 heteroatoms. The van der Waals surface area contributed by atoms with Gasteiger partial charge in [-0.1, -0.05) is 5.16 Å². The van der Waals surface area contributed by atoms with Crippen LogP contribution >= 0.6 is 0 Å². The summed E-state index contributed by atoms with van der Waals surface area (Å²) in [7, 11) is 1.74. The molecule has 7 nitrogen and oxygen atoms in total. The summed E-state index contributed by atoms with van der Waals surface area (Å²) in [6, 6.07) is 7.95. The van der Waals surface area contributed by atoms with E-state index < -0.39 is 0 Å². The van der Waals surface area contributed by atoms with E-state index in [1.54, 1.807) is 36.0 Å². The van der Waals surface area contributed by atoms with Crippen molar-refractivity contribution in [1.82, 2.24) is 20.3 Å². The van der Waals surface area contributed by atoms with Crippen LogP contribution in [0.1, 0.15) is 40.3 Å². The van der Waals surface area contributed by atoms with Crippen LogP contribution < -0.4 is 5.32 Å². The molecule has 0 aliphatic carbocycles. The molecule has 0 bridgehead atoms. The standard InChI is InChI=1S/C22H23FN4O3/c1-14-19(21(26-30-14)15-3-5-16(23)6-4-15)8-7-18-13-20(27(2)25-18)22(28)24-17-9-11-29-12-10-17/h3-8,13,17H,9-12H2,1-2H3,(H,24,28)/b8-7+. The molecule has 0 spiro atoms. The molecule has 1 N–H and O–H groups in total. The zero-order valence-corrected chi connectivity index (χ0v) is 16.9. The van der Waals surface area contributed by atoms with Gasteiger partial charge in [0.15, 0.2) is 0 Å². The van der Waals surface area contributed by atoms with E-state index in [1.165, 1.54) is 12.1 Å². The van der Waals surface area contributed by atoms with Gasteiger partial charge >= 0.3 is 0 Å². The number of hydrogen-bond acceptors (Lipinski definition) is 5. The van der Waals surface area contributed by atoms with Crippen LogP contribution in [-0.2, 0) is 11.8 Å². The van der Waals surface area contributed by atoms with Gasteiger partial charge in [0.1, 0.15) is 23.0 Å². The van der Waals surface area contributed by atoms with Gasteiger partial charge in [-0.3, -0.25) is 9.48 Å². The van der Waals surface area contributed by atoms with Crippen molar-refractivity contribution in [2.45, 2.75) is 25.8 Å². The second-order valence-corrected chi connectivity index (χ2v) is 7.28. The van der Waals surface area contributed by atoms with Gasteiger partial charge < -0.3 is 14.6 Å². The molecule has 1 fully saturated rings.